The Hall–Kier alpha value is -1.62. The molecule has 0 radical (unpaired) electrons. The Balaban J connectivity index is 1.77. The fraction of sp³-hybridized carbons (Fsp3) is 0.385. The summed E-state index contributed by atoms with van der Waals surface area (Å²) in [5, 5.41) is 2.95. The van der Waals surface area contributed by atoms with Gasteiger partial charge in [-0.25, -0.2) is 4.98 Å². The zero-order chi connectivity index (χ0) is 13.0. The monoisotopic (exact) mass is 263 g/mol. The molecule has 1 amide bonds. The maximum absolute atomic E-state index is 11.9. The quantitative estimate of drug-likeness (QED) is 0.842. The SMILES string of the molecule is Cc1cc(C(=O)NCCCn2ccnc2)c(C)s1. The van der Waals surface area contributed by atoms with Crippen molar-refractivity contribution in [2.24, 2.45) is 0 Å². The number of aryl methyl sites for hydroxylation is 3. The van der Waals surface area contributed by atoms with Crippen LogP contribution in [0.25, 0.3) is 0 Å². The van der Waals surface area contributed by atoms with Crippen molar-refractivity contribution in [3.8, 4) is 0 Å². The highest BCUT2D eigenvalue weighted by atomic mass is 32.1. The third-order valence-corrected chi connectivity index (χ3v) is 3.69. The molecule has 5 heteroatoms. The van der Waals surface area contributed by atoms with Crippen molar-refractivity contribution in [1.82, 2.24) is 14.9 Å². The highest BCUT2D eigenvalue weighted by Gasteiger charge is 2.10. The molecule has 0 aliphatic heterocycles. The number of amides is 1. The van der Waals surface area contributed by atoms with Crippen molar-refractivity contribution in [2.75, 3.05) is 6.54 Å². The minimum Gasteiger partial charge on any atom is -0.352 e. The van der Waals surface area contributed by atoms with Gasteiger partial charge in [-0.3, -0.25) is 4.79 Å². The van der Waals surface area contributed by atoms with Crippen molar-refractivity contribution in [2.45, 2.75) is 26.8 Å². The number of carbonyl (C=O) groups is 1. The number of nitrogens with zero attached hydrogens (tertiary/aromatic N) is 2. The van der Waals surface area contributed by atoms with Gasteiger partial charge in [-0.15, -0.1) is 11.3 Å². The molecule has 2 aromatic rings. The second kappa shape index (κ2) is 5.82. The molecule has 2 heterocycles. The zero-order valence-corrected chi connectivity index (χ0v) is 11.5. The normalized spacial score (nSPS) is 10.6. The van der Waals surface area contributed by atoms with Gasteiger partial charge in [0, 0.05) is 35.2 Å². The van der Waals surface area contributed by atoms with Crippen LogP contribution in [0.3, 0.4) is 0 Å². The first kappa shape index (κ1) is 12.8. The second-order valence-electron chi connectivity index (χ2n) is 4.24. The number of nitrogens with one attached hydrogen (secondary N) is 1. The summed E-state index contributed by atoms with van der Waals surface area (Å²) >= 11 is 1.66. The Labute approximate surface area is 111 Å². The molecule has 0 saturated carbocycles. The van der Waals surface area contributed by atoms with Crippen molar-refractivity contribution < 1.29 is 4.79 Å². The van der Waals surface area contributed by atoms with Crippen LogP contribution in [0.15, 0.2) is 24.8 Å². The van der Waals surface area contributed by atoms with E-state index >= 15 is 0 Å². The smallest absolute Gasteiger partial charge is 0.252 e. The predicted molar refractivity (Wildman–Crippen MR) is 73.0 cm³/mol. The molecule has 0 aromatic carbocycles. The number of hydrogen-bond donors (Lipinski definition) is 1. The summed E-state index contributed by atoms with van der Waals surface area (Å²) in [5.74, 6) is 0.0301. The second-order valence-corrected chi connectivity index (χ2v) is 5.70. The van der Waals surface area contributed by atoms with Crippen molar-refractivity contribution >= 4 is 17.2 Å². The summed E-state index contributed by atoms with van der Waals surface area (Å²) in [6.07, 6.45) is 6.38. The zero-order valence-electron chi connectivity index (χ0n) is 10.6. The third kappa shape index (κ3) is 3.20. The summed E-state index contributed by atoms with van der Waals surface area (Å²) in [5.41, 5.74) is 0.806. The number of thiophene rings is 1. The van der Waals surface area contributed by atoms with Gasteiger partial charge in [0.15, 0.2) is 0 Å². The van der Waals surface area contributed by atoms with Gasteiger partial charge in [-0.2, -0.15) is 0 Å². The molecule has 96 valence electrons. The van der Waals surface area contributed by atoms with Gasteiger partial charge in [0.1, 0.15) is 0 Å². The molecule has 0 atom stereocenters. The Bertz CT molecular complexity index is 516. The minimum atomic E-state index is 0.0301. The van der Waals surface area contributed by atoms with Crippen LogP contribution < -0.4 is 5.32 Å². The lowest BCUT2D eigenvalue weighted by Gasteiger charge is -2.05. The number of aromatic nitrogens is 2. The van der Waals surface area contributed by atoms with Gasteiger partial charge in [-0.05, 0) is 26.3 Å². The highest BCUT2D eigenvalue weighted by molar-refractivity contribution is 7.12. The van der Waals surface area contributed by atoms with E-state index in [1.54, 1.807) is 23.9 Å². The first-order valence-corrected chi connectivity index (χ1v) is 6.79. The lowest BCUT2D eigenvalue weighted by Crippen LogP contribution is -2.25. The average Bonchev–Trinajstić information content (AvgIpc) is 2.94. The Morgan fingerprint density at radius 2 is 2.33 bits per heavy atom. The molecule has 0 spiro atoms. The molecule has 1 N–H and O–H groups in total. The fourth-order valence-electron chi connectivity index (χ4n) is 1.83. The molecule has 0 bridgehead atoms. The van der Waals surface area contributed by atoms with E-state index in [1.807, 2.05) is 30.7 Å². The third-order valence-electron chi connectivity index (χ3n) is 2.72. The van der Waals surface area contributed by atoms with Crippen LogP contribution in [0.5, 0.6) is 0 Å². The lowest BCUT2D eigenvalue weighted by atomic mass is 10.2. The number of carbonyl (C=O) groups excluding carboxylic acids is 1. The van der Waals surface area contributed by atoms with Crippen molar-refractivity contribution in [1.29, 1.82) is 0 Å². The van der Waals surface area contributed by atoms with E-state index in [0.717, 1.165) is 23.4 Å². The van der Waals surface area contributed by atoms with E-state index in [0.29, 0.717) is 6.54 Å². The van der Waals surface area contributed by atoms with Gasteiger partial charge < -0.3 is 9.88 Å². The Morgan fingerprint density at radius 3 is 2.94 bits per heavy atom. The minimum absolute atomic E-state index is 0.0301. The molecule has 2 aromatic heterocycles. The molecule has 18 heavy (non-hydrogen) atoms. The number of imidazole rings is 1. The van der Waals surface area contributed by atoms with Crippen LogP contribution in [0.1, 0.15) is 26.5 Å². The van der Waals surface area contributed by atoms with Crippen LogP contribution in [0, 0.1) is 13.8 Å². The van der Waals surface area contributed by atoms with Crippen molar-refractivity contribution in [3.63, 3.8) is 0 Å². The summed E-state index contributed by atoms with van der Waals surface area (Å²) in [4.78, 5) is 18.2. The molecule has 0 saturated heterocycles. The average molecular weight is 263 g/mol. The van der Waals surface area contributed by atoms with E-state index in [2.05, 4.69) is 10.3 Å². The van der Waals surface area contributed by atoms with Gasteiger partial charge in [0.05, 0.1) is 11.9 Å². The molecule has 4 nitrogen and oxygen atoms in total. The largest absolute Gasteiger partial charge is 0.352 e. The van der Waals surface area contributed by atoms with E-state index < -0.39 is 0 Å². The van der Waals surface area contributed by atoms with E-state index in [9.17, 15) is 4.79 Å². The highest BCUT2D eigenvalue weighted by Crippen LogP contribution is 2.20. The van der Waals surface area contributed by atoms with Gasteiger partial charge in [0.25, 0.3) is 5.91 Å². The summed E-state index contributed by atoms with van der Waals surface area (Å²) in [7, 11) is 0. The molecule has 0 aliphatic rings. The lowest BCUT2D eigenvalue weighted by molar-refractivity contribution is 0.0952. The standard InChI is InChI=1S/C13H17N3OS/c1-10-8-12(11(2)18-10)13(17)15-4-3-6-16-7-5-14-9-16/h5,7-9H,3-4,6H2,1-2H3,(H,15,17). The molecular formula is C13H17N3OS. The van der Waals surface area contributed by atoms with Gasteiger partial charge in [-0.1, -0.05) is 0 Å². The maximum Gasteiger partial charge on any atom is 0.252 e. The summed E-state index contributed by atoms with van der Waals surface area (Å²) in [6.45, 7) is 5.57. The van der Waals surface area contributed by atoms with Crippen LogP contribution >= 0.6 is 11.3 Å². The van der Waals surface area contributed by atoms with Crippen LogP contribution in [0.4, 0.5) is 0 Å². The topological polar surface area (TPSA) is 46.9 Å². The maximum atomic E-state index is 11.9. The molecular weight excluding hydrogens is 246 g/mol. The molecule has 2 rings (SSSR count). The Kier molecular flexibility index (Phi) is 4.15. The first-order valence-electron chi connectivity index (χ1n) is 5.98. The van der Waals surface area contributed by atoms with Crippen molar-refractivity contribution in [3.05, 3.63) is 40.1 Å². The first-order chi connectivity index (χ1) is 8.66. The summed E-state index contributed by atoms with van der Waals surface area (Å²) < 4.78 is 2.01. The van der Waals surface area contributed by atoms with E-state index in [1.165, 1.54) is 4.88 Å². The molecule has 0 aliphatic carbocycles. The molecule has 0 fully saturated rings. The van der Waals surface area contributed by atoms with Crippen LogP contribution in [-0.4, -0.2) is 22.0 Å². The van der Waals surface area contributed by atoms with Crippen LogP contribution in [0.2, 0.25) is 0 Å². The van der Waals surface area contributed by atoms with Gasteiger partial charge >= 0.3 is 0 Å². The Morgan fingerprint density at radius 1 is 1.50 bits per heavy atom. The summed E-state index contributed by atoms with van der Waals surface area (Å²) in [6, 6.07) is 1.95. The van der Waals surface area contributed by atoms with E-state index in [-0.39, 0.29) is 5.91 Å². The molecule has 0 unspecified atom stereocenters. The van der Waals surface area contributed by atoms with Gasteiger partial charge in [0.2, 0.25) is 0 Å². The number of hydrogen-bond acceptors (Lipinski definition) is 3. The van der Waals surface area contributed by atoms with E-state index in [4.69, 9.17) is 0 Å². The number of rotatable bonds is 5. The van der Waals surface area contributed by atoms with Crippen LogP contribution in [-0.2, 0) is 6.54 Å². The predicted octanol–water partition coefficient (Wildman–Crippen LogP) is 2.38. The fourth-order valence-corrected chi connectivity index (χ4v) is 2.76.